The highest BCUT2D eigenvalue weighted by molar-refractivity contribution is 6.15. The molecular formula is C30H29N3. The van der Waals surface area contributed by atoms with E-state index in [4.69, 9.17) is 5.10 Å². The van der Waals surface area contributed by atoms with Gasteiger partial charge in [0, 0.05) is 5.56 Å². The Morgan fingerprint density at radius 1 is 0.667 bits per heavy atom. The zero-order valence-electron chi connectivity index (χ0n) is 19.7. The summed E-state index contributed by atoms with van der Waals surface area (Å²) in [5.41, 5.74) is 9.49. The van der Waals surface area contributed by atoms with Crippen LogP contribution < -0.4 is 9.91 Å². The highest BCUT2D eigenvalue weighted by atomic mass is 15.5. The predicted octanol–water partition coefficient (Wildman–Crippen LogP) is 7.69. The van der Waals surface area contributed by atoms with Crippen LogP contribution in [0.1, 0.15) is 40.8 Å². The summed E-state index contributed by atoms with van der Waals surface area (Å²) in [6.07, 6.45) is 0. The zero-order chi connectivity index (χ0) is 22.9. The van der Waals surface area contributed by atoms with Crippen molar-refractivity contribution in [3.8, 4) is 0 Å². The maximum atomic E-state index is 5.32. The largest absolute Gasteiger partial charge is 0.315 e. The van der Waals surface area contributed by atoms with Gasteiger partial charge in [-0.25, -0.2) is 5.01 Å². The Bertz CT molecular complexity index is 1290. The smallest absolute Gasteiger partial charge is 0.162 e. The lowest BCUT2D eigenvalue weighted by Crippen LogP contribution is -2.40. The van der Waals surface area contributed by atoms with Crippen molar-refractivity contribution in [2.24, 2.45) is 5.10 Å². The van der Waals surface area contributed by atoms with Crippen LogP contribution in [0.2, 0.25) is 0 Å². The van der Waals surface area contributed by atoms with E-state index >= 15 is 0 Å². The number of nitrogens with zero attached hydrogens (tertiary/aromatic N) is 3. The van der Waals surface area contributed by atoms with Crippen LogP contribution in [0.15, 0.2) is 102 Å². The quantitative estimate of drug-likeness (QED) is 0.330. The van der Waals surface area contributed by atoms with Gasteiger partial charge in [0.05, 0.1) is 23.1 Å². The Morgan fingerprint density at radius 2 is 1.21 bits per heavy atom. The Morgan fingerprint density at radius 3 is 1.85 bits per heavy atom. The maximum absolute atomic E-state index is 5.32. The fourth-order valence-corrected chi connectivity index (χ4v) is 4.90. The molecule has 0 saturated carbocycles. The van der Waals surface area contributed by atoms with Gasteiger partial charge in [0.25, 0.3) is 0 Å². The number of aryl methyl sites for hydroxylation is 3. The van der Waals surface area contributed by atoms with E-state index in [0.717, 1.165) is 22.9 Å². The minimum atomic E-state index is 0.115. The minimum absolute atomic E-state index is 0.115. The second kappa shape index (κ2) is 8.59. The first-order valence-corrected chi connectivity index (χ1v) is 11.5. The number of hydrazone groups is 1. The van der Waals surface area contributed by atoms with Crippen molar-refractivity contribution in [3.05, 3.63) is 125 Å². The Kier molecular flexibility index (Phi) is 5.47. The van der Waals surface area contributed by atoms with Gasteiger partial charge in [-0.05, 0) is 68.7 Å². The van der Waals surface area contributed by atoms with E-state index in [0.29, 0.717) is 0 Å². The number of rotatable bonds is 4. The average Bonchev–Trinajstić information content (AvgIpc) is 2.83. The molecule has 0 fully saturated rings. The summed E-state index contributed by atoms with van der Waals surface area (Å²) in [6.45, 7) is 8.80. The first-order chi connectivity index (χ1) is 16.0. The third-order valence-corrected chi connectivity index (χ3v) is 6.36. The summed E-state index contributed by atoms with van der Waals surface area (Å²) in [4.78, 5) is 2.40. The van der Waals surface area contributed by atoms with Crippen LogP contribution in [0.5, 0.6) is 0 Å². The third kappa shape index (κ3) is 3.80. The van der Waals surface area contributed by atoms with E-state index in [9.17, 15) is 0 Å². The second-order valence-corrected chi connectivity index (χ2v) is 8.79. The molecule has 4 aromatic carbocycles. The van der Waals surface area contributed by atoms with Gasteiger partial charge in [0.2, 0.25) is 0 Å². The molecule has 0 amide bonds. The molecule has 5 rings (SSSR count). The van der Waals surface area contributed by atoms with Gasteiger partial charge < -0.3 is 4.90 Å². The number of hydrogen-bond acceptors (Lipinski definition) is 3. The van der Waals surface area contributed by atoms with Crippen molar-refractivity contribution in [3.63, 3.8) is 0 Å². The lowest BCUT2D eigenvalue weighted by molar-refractivity contribution is 0.776. The Hall–Kier alpha value is -3.85. The normalized spacial score (nSPS) is 14.0. The van der Waals surface area contributed by atoms with Crippen molar-refractivity contribution in [1.82, 2.24) is 0 Å². The van der Waals surface area contributed by atoms with E-state index in [2.05, 4.69) is 129 Å². The topological polar surface area (TPSA) is 18.8 Å². The monoisotopic (exact) mass is 431 g/mol. The van der Waals surface area contributed by atoms with Gasteiger partial charge in [-0.15, -0.1) is 5.10 Å². The lowest BCUT2D eigenvalue weighted by Gasteiger charge is -2.40. The summed E-state index contributed by atoms with van der Waals surface area (Å²) in [6, 6.07) is 34.3. The molecule has 1 aliphatic rings. The van der Waals surface area contributed by atoms with Crippen LogP contribution >= 0.6 is 0 Å². The van der Waals surface area contributed by atoms with Crippen molar-refractivity contribution >= 4 is 22.9 Å². The van der Waals surface area contributed by atoms with Crippen molar-refractivity contribution < 1.29 is 0 Å². The number of fused-ring (bicyclic) bond motifs is 1. The molecule has 1 atom stereocenters. The molecule has 3 heteroatoms. The van der Waals surface area contributed by atoms with Crippen LogP contribution in [0, 0.1) is 20.8 Å². The number of hydrogen-bond donors (Lipinski definition) is 0. The zero-order valence-corrected chi connectivity index (χ0v) is 19.7. The highest BCUT2D eigenvalue weighted by Crippen LogP contribution is 2.43. The second-order valence-electron chi connectivity index (χ2n) is 8.79. The fourth-order valence-electron chi connectivity index (χ4n) is 4.90. The molecule has 4 aromatic rings. The number of amidine groups is 1. The molecule has 0 aromatic heterocycles. The lowest BCUT2D eigenvalue weighted by atomic mass is 9.95. The van der Waals surface area contributed by atoms with Crippen LogP contribution in [-0.2, 0) is 0 Å². The molecule has 164 valence electrons. The van der Waals surface area contributed by atoms with Gasteiger partial charge in [-0.1, -0.05) is 78.4 Å². The molecule has 33 heavy (non-hydrogen) atoms. The molecule has 1 heterocycles. The van der Waals surface area contributed by atoms with E-state index in [1.54, 1.807) is 0 Å². The van der Waals surface area contributed by atoms with Gasteiger partial charge in [0.1, 0.15) is 0 Å². The standard InChI is InChI=1S/C30H29N3/c1-21-19-22(2)29(23(3)20-21)30-31-33(26-15-9-6-10-16-26)28-18-12-11-17-27(28)32(30)24(4)25-13-7-5-8-14-25/h5-20,24H,1-4H3. The van der Waals surface area contributed by atoms with E-state index < -0.39 is 0 Å². The molecule has 3 nitrogen and oxygen atoms in total. The summed E-state index contributed by atoms with van der Waals surface area (Å²) in [7, 11) is 0. The summed E-state index contributed by atoms with van der Waals surface area (Å²) in [5.74, 6) is 0.976. The summed E-state index contributed by atoms with van der Waals surface area (Å²) in [5, 5.41) is 7.40. The molecule has 0 radical (unpaired) electrons. The van der Waals surface area contributed by atoms with E-state index in [1.807, 2.05) is 6.07 Å². The van der Waals surface area contributed by atoms with Crippen LogP contribution in [0.3, 0.4) is 0 Å². The van der Waals surface area contributed by atoms with Crippen molar-refractivity contribution in [1.29, 1.82) is 0 Å². The molecule has 0 spiro atoms. The molecule has 1 aliphatic heterocycles. The molecule has 0 N–H and O–H groups in total. The number of anilines is 3. The Balaban J connectivity index is 1.78. The van der Waals surface area contributed by atoms with Gasteiger partial charge >= 0.3 is 0 Å². The molecule has 0 aliphatic carbocycles. The highest BCUT2D eigenvalue weighted by Gasteiger charge is 2.33. The Labute approximate surface area is 196 Å². The summed E-state index contributed by atoms with van der Waals surface area (Å²) < 4.78 is 0. The SMILES string of the molecule is Cc1cc(C)c(C2=NN(c3ccccc3)c3ccccc3N2C(C)c2ccccc2)c(C)c1. The number of benzene rings is 4. The van der Waals surface area contributed by atoms with E-state index in [-0.39, 0.29) is 6.04 Å². The maximum Gasteiger partial charge on any atom is 0.162 e. The average molecular weight is 432 g/mol. The molecule has 0 saturated heterocycles. The van der Waals surface area contributed by atoms with Gasteiger partial charge in [-0.3, -0.25) is 0 Å². The first kappa shape index (κ1) is 21.0. The molecule has 1 unspecified atom stereocenters. The van der Waals surface area contributed by atoms with E-state index in [1.165, 1.54) is 27.8 Å². The van der Waals surface area contributed by atoms with Crippen LogP contribution in [0.25, 0.3) is 0 Å². The van der Waals surface area contributed by atoms with Gasteiger partial charge in [0.15, 0.2) is 5.84 Å². The molecular weight excluding hydrogens is 402 g/mol. The number of para-hydroxylation sites is 3. The summed E-state index contributed by atoms with van der Waals surface area (Å²) >= 11 is 0. The third-order valence-electron chi connectivity index (χ3n) is 6.36. The van der Waals surface area contributed by atoms with Crippen LogP contribution in [0.4, 0.5) is 17.1 Å². The van der Waals surface area contributed by atoms with Crippen molar-refractivity contribution in [2.45, 2.75) is 33.7 Å². The van der Waals surface area contributed by atoms with Crippen LogP contribution in [-0.4, -0.2) is 5.84 Å². The van der Waals surface area contributed by atoms with Crippen molar-refractivity contribution in [2.75, 3.05) is 9.91 Å². The van der Waals surface area contributed by atoms with Gasteiger partial charge in [-0.2, -0.15) is 0 Å². The fraction of sp³-hybridized carbons (Fsp3) is 0.167. The minimum Gasteiger partial charge on any atom is -0.315 e. The first-order valence-electron chi connectivity index (χ1n) is 11.5. The predicted molar refractivity (Wildman–Crippen MR) is 140 cm³/mol. The molecule has 0 bridgehead atoms.